The lowest BCUT2D eigenvalue weighted by Crippen LogP contribution is -2.21. The van der Waals surface area contributed by atoms with Crippen LogP contribution in [0.5, 0.6) is 5.75 Å². The number of hydrogen-bond donors (Lipinski definition) is 0. The second-order valence-corrected chi connectivity index (χ2v) is 6.30. The van der Waals surface area contributed by atoms with Gasteiger partial charge in [-0.05, 0) is 18.6 Å². The Hall–Kier alpha value is -0.480. The molecule has 0 fully saturated rings. The van der Waals surface area contributed by atoms with Gasteiger partial charge in [0.05, 0.1) is 11.9 Å². The molecule has 0 bridgehead atoms. The standard InChI is InChI=1S/C12H11BrO2S/c1-6-11(14)10-8(5-16-6)12-7(2-3-15-12)4-9(10)13/h4,6H,2-3,5H2,1H3. The van der Waals surface area contributed by atoms with Gasteiger partial charge in [-0.3, -0.25) is 4.79 Å². The Morgan fingerprint density at radius 1 is 1.56 bits per heavy atom. The van der Waals surface area contributed by atoms with E-state index in [-0.39, 0.29) is 11.0 Å². The molecule has 2 aliphatic rings. The zero-order valence-electron chi connectivity index (χ0n) is 8.88. The zero-order chi connectivity index (χ0) is 11.3. The molecule has 84 valence electrons. The predicted octanol–water partition coefficient (Wildman–Crippen LogP) is 3.20. The quantitative estimate of drug-likeness (QED) is 0.736. The molecule has 0 saturated heterocycles. The fourth-order valence-corrected chi connectivity index (χ4v) is 3.93. The van der Waals surface area contributed by atoms with Gasteiger partial charge in [0.15, 0.2) is 5.78 Å². The van der Waals surface area contributed by atoms with Crippen LogP contribution in [0, 0.1) is 0 Å². The van der Waals surface area contributed by atoms with Crippen molar-refractivity contribution in [3.8, 4) is 5.75 Å². The first-order chi connectivity index (χ1) is 7.68. The normalized spacial score (nSPS) is 22.6. The SMILES string of the molecule is CC1SCc2c3c(cc(Br)c2C1=O)CCO3. The number of ether oxygens (including phenoxy) is 1. The van der Waals surface area contributed by atoms with Crippen molar-refractivity contribution in [1.29, 1.82) is 0 Å². The van der Waals surface area contributed by atoms with Crippen LogP contribution in [0.4, 0.5) is 0 Å². The Morgan fingerprint density at radius 2 is 2.38 bits per heavy atom. The minimum absolute atomic E-state index is 0.0586. The van der Waals surface area contributed by atoms with Crippen molar-refractivity contribution in [3.05, 3.63) is 27.2 Å². The minimum atomic E-state index is 0.0586. The summed E-state index contributed by atoms with van der Waals surface area (Å²) in [5, 5.41) is 0.0586. The van der Waals surface area contributed by atoms with Crippen molar-refractivity contribution < 1.29 is 9.53 Å². The molecule has 0 N–H and O–H groups in total. The number of Topliss-reactive ketones (excluding diaryl/α,β-unsaturated/α-hetero) is 1. The van der Waals surface area contributed by atoms with Gasteiger partial charge in [0.1, 0.15) is 5.75 Å². The molecule has 0 spiro atoms. The Morgan fingerprint density at radius 3 is 3.19 bits per heavy atom. The maximum atomic E-state index is 12.1. The third-order valence-corrected chi connectivity index (χ3v) is 4.91. The molecule has 3 rings (SSSR count). The molecule has 0 radical (unpaired) electrons. The second kappa shape index (κ2) is 3.77. The average molecular weight is 299 g/mol. The highest BCUT2D eigenvalue weighted by Gasteiger charge is 2.32. The summed E-state index contributed by atoms with van der Waals surface area (Å²) >= 11 is 5.21. The van der Waals surface area contributed by atoms with Gasteiger partial charge in [0.2, 0.25) is 0 Å². The lowest BCUT2D eigenvalue weighted by molar-refractivity contribution is 0.0990. The van der Waals surface area contributed by atoms with Crippen molar-refractivity contribution in [2.75, 3.05) is 6.61 Å². The van der Waals surface area contributed by atoms with Crippen molar-refractivity contribution in [2.24, 2.45) is 0 Å². The topological polar surface area (TPSA) is 26.3 Å². The van der Waals surface area contributed by atoms with E-state index in [1.54, 1.807) is 11.8 Å². The van der Waals surface area contributed by atoms with Crippen LogP contribution in [-0.2, 0) is 12.2 Å². The number of carbonyl (C=O) groups is 1. The molecular formula is C12H11BrO2S. The van der Waals surface area contributed by atoms with E-state index in [0.717, 1.165) is 40.1 Å². The van der Waals surface area contributed by atoms with E-state index in [4.69, 9.17) is 4.74 Å². The molecule has 1 aromatic rings. The van der Waals surface area contributed by atoms with E-state index in [2.05, 4.69) is 15.9 Å². The monoisotopic (exact) mass is 298 g/mol. The van der Waals surface area contributed by atoms with Gasteiger partial charge >= 0.3 is 0 Å². The lowest BCUT2D eigenvalue weighted by Gasteiger charge is -2.23. The summed E-state index contributed by atoms with van der Waals surface area (Å²) in [7, 11) is 0. The molecule has 16 heavy (non-hydrogen) atoms. The van der Waals surface area contributed by atoms with E-state index in [1.807, 2.05) is 13.0 Å². The number of halogens is 1. The maximum absolute atomic E-state index is 12.1. The predicted molar refractivity (Wildman–Crippen MR) is 68.4 cm³/mol. The van der Waals surface area contributed by atoms with Crippen LogP contribution in [0.15, 0.2) is 10.5 Å². The largest absolute Gasteiger partial charge is 0.493 e. The molecule has 0 aromatic heterocycles. The molecule has 1 atom stereocenters. The molecule has 0 aliphatic carbocycles. The third-order valence-electron chi connectivity index (χ3n) is 3.12. The van der Waals surface area contributed by atoms with Crippen LogP contribution < -0.4 is 4.74 Å². The summed E-state index contributed by atoms with van der Waals surface area (Å²) in [6.07, 6.45) is 0.954. The molecule has 2 aliphatic heterocycles. The number of ketones is 1. The molecule has 0 amide bonds. The molecule has 0 saturated carbocycles. The highest BCUT2D eigenvalue weighted by molar-refractivity contribution is 9.10. The van der Waals surface area contributed by atoms with Gasteiger partial charge in [-0.2, -0.15) is 0 Å². The van der Waals surface area contributed by atoms with Crippen molar-refractivity contribution >= 4 is 33.5 Å². The highest BCUT2D eigenvalue weighted by Crippen LogP contribution is 2.43. The van der Waals surface area contributed by atoms with Crippen molar-refractivity contribution in [3.63, 3.8) is 0 Å². The second-order valence-electron chi connectivity index (χ2n) is 4.12. The lowest BCUT2D eigenvalue weighted by atomic mass is 9.98. The fraction of sp³-hybridized carbons (Fsp3) is 0.417. The zero-order valence-corrected chi connectivity index (χ0v) is 11.3. The van der Waals surface area contributed by atoms with Crippen LogP contribution in [-0.4, -0.2) is 17.6 Å². The Kier molecular flexibility index (Phi) is 2.51. The summed E-state index contributed by atoms with van der Waals surface area (Å²) < 4.78 is 6.58. The van der Waals surface area contributed by atoms with Crippen LogP contribution in [0.1, 0.15) is 28.4 Å². The summed E-state index contributed by atoms with van der Waals surface area (Å²) in [5.41, 5.74) is 3.16. The van der Waals surface area contributed by atoms with Crippen molar-refractivity contribution in [1.82, 2.24) is 0 Å². The minimum Gasteiger partial charge on any atom is -0.493 e. The van der Waals surface area contributed by atoms with Crippen LogP contribution in [0.25, 0.3) is 0 Å². The fourth-order valence-electron chi connectivity index (χ4n) is 2.26. The summed E-state index contributed by atoms with van der Waals surface area (Å²) in [6.45, 7) is 2.71. The van der Waals surface area contributed by atoms with E-state index >= 15 is 0 Å². The summed E-state index contributed by atoms with van der Waals surface area (Å²) in [5.74, 6) is 2.06. The Balaban J connectivity index is 2.25. The van der Waals surface area contributed by atoms with Crippen LogP contribution >= 0.6 is 27.7 Å². The number of fused-ring (bicyclic) bond motifs is 3. The van der Waals surface area contributed by atoms with E-state index in [1.165, 1.54) is 5.56 Å². The van der Waals surface area contributed by atoms with Gasteiger partial charge in [0.25, 0.3) is 0 Å². The molecule has 2 nitrogen and oxygen atoms in total. The molecule has 4 heteroatoms. The van der Waals surface area contributed by atoms with Crippen LogP contribution in [0.3, 0.4) is 0 Å². The Bertz CT molecular complexity index is 484. The average Bonchev–Trinajstić information content (AvgIpc) is 2.70. The number of benzene rings is 1. The highest BCUT2D eigenvalue weighted by atomic mass is 79.9. The van der Waals surface area contributed by atoms with E-state index in [0.29, 0.717) is 0 Å². The first-order valence-electron chi connectivity index (χ1n) is 5.31. The first-order valence-corrected chi connectivity index (χ1v) is 7.15. The number of rotatable bonds is 0. The van der Waals surface area contributed by atoms with Gasteiger partial charge in [-0.1, -0.05) is 15.9 Å². The van der Waals surface area contributed by atoms with E-state index in [9.17, 15) is 4.79 Å². The van der Waals surface area contributed by atoms with Crippen molar-refractivity contribution in [2.45, 2.75) is 24.3 Å². The first kappa shape index (κ1) is 10.7. The maximum Gasteiger partial charge on any atom is 0.177 e. The number of carbonyl (C=O) groups excluding carboxylic acids is 1. The number of thioether (sulfide) groups is 1. The molecular weight excluding hydrogens is 288 g/mol. The Labute approximate surface area is 107 Å². The van der Waals surface area contributed by atoms with Gasteiger partial charge < -0.3 is 4.74 Å². The molecule has 2 heterocycles. The van der Waals surface area contributed by atoms with E-state index < -0.39 is 0 Å². The van der Waals surface area contributed by atoms with Crippen LogP contribution in [0.2, 0.25) is 0 Å². The number of hydrogen-bond acceptors (Lipinski definition) is 3. The molecule has 1 aromatic carbocycles. The summed E-state index contributed by atoms with van der Waals surface area (Å²) in [4.78, 5) is 12.1. The van der Waals surface area contributed by atoms with Gasteiger partial charge in [0, 0.05) is 27.8 Å². The molecule has 1 unspecified atom stereocenters. The van der Waals surface area contributed by atoms with Gasteiger partial charge in [-0.15, -0.1) is 11.8 Å². The third kappa shape index (κ3) is 1.43. The smallest absolute Gasteiger partial charge is 0.177 e. The van der Waals surface area contributed by atoms with Gasteiger partial charge in [-0.25, -0.2) is 0 Å². The summed E-state index contributed by atoms with van der Waals surface area (Å²) in [6, 6.07) is 2.04.